The highest BCUT2D eigenvalue weighted by Crippen LogP contribution is 2.28. The molecule has 0 atom stereocenters. The number of nitrogens with zero attached hydrogens (tertiary/aromatic N) is 5. The smallest absolute Gasteiger partial charge is 0.228 e. The summed E-state index contributed by atoms with van der Waals surface area (Å²) in [6.07, 6.45) is 5.49. The van der Waals surface area contributed by atoms with E-state index < -0.39 is 0 Å². The van der Waals surface area contributed by atoms with Crippen molar-refractivity contribution < 1.29 is 4.39 Å². The molecule has 3 aromatic rings. The first kappa shape index (κ1) is 19.4. The molecular weight excluding hydrogens is 367 g/mol. The van der Waals surface area contributed by atoms with Crippen molar-refractivity contribution in [2.45, 2.75) is 39.2 Å². The van der Waals surface area contributed by atoms with Gasteiger partial charge in [0.05, 0.1) is 11.9 Å². The number of likely N-dealkylation sites (tertiary alicyclic amines) is 1. The summed E-state index contributed by atoms with van der Waals surface area (Å²) >= 11 is 0. The fraction of sp³-hybridized carbons (Fsp3) is 0.364. The van der Waals surface area contributed by atoms with Crippen LogP contribution < -0.4 is 5.32 Å². The second kappa shape index (κ2) is 8.61. The molecule has 1 saturated heterocycles. The van der Waals surface area contributed by atoms with Crippen molar-refractivity contribution in [3.05, 3.63) is 71.2 Å². The second-order valence-electron chi connectivity index (χ2n) is 7.57. The molecule has 0 bridgehead atoms. The van der Waals surface area contributed by atoms with Crippen LogP contribution in [0.5, 0.6) is 0 Å². The first-order valence-electron chi connectivity index (χ1n) is 9.94. The number of hydrogen-bond donors (Lipinski definition) is 1. The fourth-order valence-corrected chi connectivity index (χ4v) is 3.79. The summed E-state index contributed by atoms with van der Waals surface area (Å²) in [6, 6.07) is 8.93. The van der Waals surface area contributed by atoms with Gasteiger partial charge in [0.2, 0.25) is 5.95 Å². The average molecular weight is 392 g/mol. The van der Waals surface area contributed by atoms with Gasteiger partial charge in [-0.15, -0.1) is 0 Å². The van der Waals surface area contributed by atoms with Gasteiger partial charge >= 0.3 is 0 Å². The Morgan fingerprint density at radius 1 is 1.03 bits per heavy atom. The largest absolute Gasteiger partial charge is 0.307 e. The van der Waals surface area contributed by atoms with Gasteiger partial charge in [0.15, 0.2) is 5.82 Å². The number of halogens is 1. The van der Waals surface area contributed by atoms with Crippen molar-refractivity contribution in [2.75, 3.05) is 18.4 Å². The lowest BCUT2D eigenvalue weighted by molar-refractivity contribution is 0.201. The van der Waals surface area contributed by atoms with Gasteiger partial charge in [0, 0.05) is 35.6 Å². The van der Waals surface area contributed by atoms with Crippen LogP contribution in [0.15, 0.2) is 42.7 Å². The lowest BCUT2D eigenvalue weighted by Crippen LogP contribution is -2.33. The molecule has 0 aliphatic carbocycles. The van der Waals surface area contributed by atoms with Gasteiger partial charge in [-0.25, -0.2) is 19.3 Å². The summed E-state index contributed by atoms with van der Waals surface area (Å²) in [5.74, 6) is 1.41. The van der Waals surface area contributed by atoms with E-state index in [1.807, 2.05) is 38.2 Å². The van der Waals surface area contributed by atoms with Crippen molar-refractivity contribution >= 4 is 11.8 Å². The summed E-state index contributed by atoms with van der Waals surface area (Å²) < 4.78 is 13.9. The normalized spacial score (nSPS) is 15.4. The Balaban J connectivity index is 1.38. The standard InChI is InChI=1S/C22H25FN6/c1-15-11-16(2)26-22(25-15)28-21-13-24-12-20(27-21)17-7-9-29(10-8-17)14-18-5-3-4-6-19(18)23/h3-6,11-13,17H,7-10,14H2,1-2H3,(H,25,26,27,28). The van der Waals surface area contributed by atoms with Crippen LogP contribution in [-0.4, -0.2) is 37.9 Å². The summed E-state index contributed by atoms with van der Waals surface area (Å²) in [7, 11) is 0. The van der Waals surface area contributed by atoms with Crippen molar-refractivity contribution in [1.29, 1.82) is 0 Å². The second-order valence-corrected chi connectivity index (χ2v) is 7.57. The lowest BCUT2D eigenvalue weighted by atomic mass is 9.93. The van der Waals surface area contributed by atoms with E-state index in [0.717, 1.165) is 48.6 Å². The van der Waals surface area contributed by atoms with Gasteiger partial charge in [-0.3, -0.25) is 9.88 Å². The molecule has 3 heterocycles. The van der Waals surface area contributed by atoms with E-state index in [0.29, 0.717) is 24.2 Å². The minimum Gasteiger partial charge on any atom is -0.307 e. The fourth-order valence-electron chi connectivity index (χ4n) is 3.79. The zero-order valence-electron chi connectivity index (χ0n) is 16.8. The minimum absolute atomic E-state index is 0.132. The highest BCUT2D eigenvalue weighted by Gasteiger charge is 2.23. The number of anilines is 2. The molecule has 2 aromatic heterocycles. The van der Waals surface area contributed by atoms with Gasteiger partial charge in [-0.2, -0.15) is 0 Å². The van der Waals surface area contributed by atoms with E-state index in [2.05, 4.69) is 25.2 Å². The number of benzene rings is 1. The molecule has 1 aromatic carbocycles. The third kappa shape index (κ3) is 4.92. The Morgan fingerprint density at radius 3 is 2.48 bits per heavy atom. The average Bonchev–Trinajstić information content (AvgIpc) is 2.70. The Morgan fingerprint density at radius 2 is 1.76 bits per heavy atom. The predicted molar refractivity (Wildman–Crippen MR) is 110 cm³/mol. The Labute approximate surface area is 170 Å². The van der Waals surface area contributed by atoms with E-state index in [1.165, 1.54) is 6.07 Å². The topological polar surface area (TPSA) is 66.8 Å². The maximum Gasteiger partial charge on any atom is 0.228 e. The Hall–Kier alpha value is -2.93. The highest BCUT2D eigenvalue weighted by molar-refractivity contribution is 5.46. The Kier molecular flexibility index (Phi) is 5.76. The summed E-state index contributed by atoms with van der Waals surface area (Å²) in [5, 5.41) is 3.16. The number of aryl methyl sites for hydroxylation is 2. The quantitative estimate of drug-likeness (QED) is 0.704. The number of hydrogen-bond acceptors (Lipinski definition) is 6. The molecule has 0 spiro atoms. The monoisotopic (exact) mass is 392 g/mol. The molecule has 0 saturated carbocycles. The number of nitrogens with one attached hydrogen (secondary N) is 1. The predicted octanol–water partition coefficient (Wildman–Crippen LogP) is 4.15. The van der Waals surface area contributed by atoms with E-state index in [4.69, 9.17) is 4.98 Å². The number of aromatic nitrogens is 4. The number of rotatable bonds is 5. The van der Waals surface area contributed by atoms with Crippen molar-refractivity contribution in [3.63, 3.8) is 0 Å². The van der Waals surface area contributed by atoms with Gasteiger partial charge in [0.1, 0.15) is 5.82 Å². The van der Waals surface area contributed by atoms with E-state index in [9.17, 15) is 4.39 Å². The zero-order valence-corrected chi connectivity index (χ0v) is 16.8. The van der Waals surface area contributed by atoms with Crippen molar-refractivity contribution in [1.82, 2.24) is 24.8 Å². The molecule has 0 amide bonds. The molecule has 4 rings (SSSR count). The summed E-state index contributed by atoms with van der Waals surface area (Å²) in [4.78, 5) is 20.2. The van der Waals surface area contributed by atoms with Crippen LogP contribution in [0.4, 0.5) is 16.2 Å². The summed E-state index contributed by atoms with van der Waals surface area (Å²) in [6.45, 7) is 6.36. The van der Waals surface area contributed by atoms with E-state index in [1.54, 1.807) is 12.3 Å². The summed E-state index contributed by atoms with van der Waals surface area (Å²) in [5.41, 5.74) is 3.55. The molecule has 1 fully saturated rings. The van der Waals surface area contributed by atoms with Crippen LogP contribution in [0.25, 0.3) is 0 Å². The zero-order chi connectivity index (χ0) is 20.2. The van der Waals surface area contributed by atoms with Gasteiger partial charge in [-0.1, -0.05) is 18.2 Å². The molecule has 7 heteroatoms. The third-order valence-corrected chi connectivity index (χ3v) is 5.23. The Bertz CT molecular complexity index is 964. The first-order valence-corrected chi connectivity index (χ1v) is 9.94. The van der Waals surface area contributed by atoms with Crippen LogP contribution in [0.2, 0.25) is 0 Å². The molecule has 1 aliphatic heterocycles. The molecule has 1 aliphatic rings. The van der Waals surface area contributed by atoms with Crippen molar-refractivity contribution in [3.8, 4) is 0 Å². The molecule has 0 radical (unpaired) electrons. The maximum absolute atomic E-state index is 13.9. The lowest BCUT2D eigenvalue weighted by Gasteiger charge is -2.31. The van der Waals surface area contributed by atoms with Gasteiger partial charge in [0.25, 0.3) is 0 Å². The van der Waals surface area contributed by atoms with Crippen LogP contribution in [0.3, 0.4) is 0 Å². The van der Waals surface area contributed by atoms with E-state index in [-0.39, 0.29) is 5.82 Å². The van der Waals surface area contributed by atoms with Crippen LogP contribution >= 0.6 is 0 Å². The van der Waals surface area contributed by atoms with Gasteiger partial charge < -0.3 is 5.32 Å². The molecule has 6 nitrogen and oxygen atoms in total. The van der Waals surface area contributed by atoms with Crippen LogP contribution in [-0.2, 0) is 6.54 Å². The van der Waals surface area contributed by atoms with Gasteiger partial charge in [-0.05, 0) is 51.9 Å². The molecular formula is C22H25FN6. The first-order chi connectivity index (χ1) is 14.1. The van der Waals surface area contributed by atoms with Crippen LogP contribution in [0.1, 0.15) is 41.4 Å². The molecule has 29 heavy (non-hydrogen) atoms. The SMILES string of the molecule is Cc1cc(C)nc(Nc2cncc(C3CCN(Cc4ccccc4F)CC3)n2)n1. The molecule has 0 unspecified atom stereocenters. The highest BCUT2D eigenvalue weighted by atomic mass is 19.1. The number of piperidine rings is 1. The molecule has 1 N–H and O–H groups in total. The minimum atomic E-state index is -0.132. The van der Waals surface area contributed by atoms with E-state index >= 15 is 0 Å². The molecule has 150 valence electrons. The third-order valence-electron chi connectivity index (χ3n) is 5.23. The van der Waals surface area contributed by atoms with Crippen LogP contribution in [0, 0.1) is 19.7 Å². The maximum atomic E-state index is 13.9. The van der Waals surface area contributed by atoms with Crippen molar-refractivity contribution in [2.24, 2.45) is 0 Å².